The summed E-state index contributed by atoms with van der Waals surface area (Å²) in [7, 11) is 0. The third kappa shape index (κ3) is 7.66. The van der Waals surface area contributed by atoms with Crippen molar-refractivity contribution < 1.29 is 4.79 Å². The summed E-state index contributed by atoms with van der Waals surface area (Å²) in [4.78, 5) is 21.1. The van der Waals surface area contributed by atoms with E-state index in [0.717, 1.165) is 28.9 Å². The van der Waals surface area contributed by atoms with Crippen LogP contribution in [0.5, 0.6) is 0 Å². The minimum atomic E-state index is -0.158. The van der Waals surface area contributed by atoms with Crippen molar-refractivity contribution in [2.45, 2.75) is 47.1 Å². The highest BCUT2D eigenvalue weighted by molar-refractivity contribution is 6.04. The Bertz CT molecular complexity index is 928. The second-order valence-corrected chi connectivity index (χ2v) is 7.59. The number of hydrogen-bond acceptors (Lipinski definition) is 4. The number of allylic oxidation sites excluding steroid dienone is 2. The van der Waals surface area contributed by atoms with E-state index in [1.54, 1.807) is 18.6 Å². The highest BCUT2D eigenvalue weighted by Gasteiger charge is 2.09. The van der Waals surface area contributed by atoms with E-state index in [1.807, 2.05) is 56.5 Å². The Balaban J connectivity index is 1.97. The van der Waals surface area contributed by atoms with Crippen LogP contribution < -0.4 is 10.6 Å². The van der Waals surface area contributed by atoms with Crippen LogP contribution in [0, 0.1) is 5.92 Å². The van der Waals surface area contributed by atoms with Crippen LogP contribution in [0.25, 0.3) is 0 Å². The number of rotatable bonds is 9. The Hall–Kier alpha value is -3.21. The number of carbonyl (C=O) groups excluding carboxylic acids is 1. The fourth-order valence-corrected chi connectivity index (χ4v) is 2.71. The van der Waals surface area contributed by atoms with Gasteiger partial charge in [0, 0.05) is 42.2 Å². The maximum Gasteiger partial charge on any atom is 0.257 e. The Morgan fingerprint density at radius 3 is 2.73 bits per heavy atom. The molecule has 0 fully saturated rings. The first-order valence-corrected chi connectivity index (χ1v) is 10.4. The predicted molar refractivity (Wildman–Crippen MR) is 126 cm³/mol. The number of nitrogens with one attached hydrogen (secondary N) is 2. The van der Waals surface area contributed by atoms with Crippen LogP contribution in [0.4, 0.5) is 5.69 Å². The van der Waals surface area contributed by atoms with Gasteiger partial charge in [-0.2, -0.15) is 0 Å². The third-order valence-corrected chi connectivity index (χ3v) is 4.53. The molecule has 2 aromatic rings. The van der Waals surface area contributed by atoms with Crippen LogP contribution in [-0.4, -0.2) is 16.6 Å². The maximum atomic E-state index is 12.5. The molecule has 1 heterocycles. The first-order valence-electron chi connectivity index (χ1n) is 10.4. The fraction of sp³-hybridized carbons (Fsp3) is 0.320. The average Bonchev–Trinajstić information content (AvgIpc) is 2.75. The van der Waals surface area contributed by atoms with Gasteiger partial charge in [-0.3, -0.25) is 14.8 Å². The SMILES string of the molecule is CCc1cncc(C(=O)Nc2cccc(C(C)NC=CN=C(C)/C=C/C(C)C)c2)c1. The molecule has 2 rings (SSSR count). The summed E-state index contributed by atoms with van der Waals surface area (Å²) in [5.41, 5.74) is 4.39. The number of amides is 1. The third-order valence-electron chi connectivity index (χ3n) is 4.53. The van der Waals surface area contributed by atoms with Crippen LogP contribution in [0.1, 0.15) is 62.1 Å². The highest BCUT2D eigenvalue weighted by atomic mass is 16.1. The fourth-order valence-electron chi connectivity index (χ4n) is 2.71. The number of pyridine rings is 1. The summed E-state index contributed by atoms with van der Waals surface area (Å²) in [5, 5.41) is 6.27. The molecule has 2 N–H and O–H groups in total. The van der Waals surface area contributed by atoms with Crippen LogP contribution in [0.3, 0.4) is 0 Å². The first kappa shape index (κ1) is 23.1. The topological polar surface area (TPSA) is 66.4 Å². The van der Waals surface area contributed by atoms with Gasteiger partial charge in [-0.25, -0.2) is 0 Å². The lowest BCUT2D eigenvalue weighted by Crippen LogP contribution is -2.14. The van der Waals surface area contributed by atoms with Crippen molar-refractivity contribution in [3.8, 4) is 0 Å². The van der Waals surface area contributed by atoms with Gasteiger partial charge in [-0.1, -0.05) is 39.0 Å². The van der Waals surface area contributed by atoms with E-state index in [9.17, 15) is 4.79 Å². The predicted octanol–water partition coefficient (Wildman–Crippen LogP) is 5.69. The number of hydrogen-bond donors (Lipinski definition) is 2. The highest BCUT2D eigenvalue weighted by Crippen LogP contribution is 2.18. The van der Waals surface area contributed by atoms with Gasteiger partial charge in [0.1, 0.15) is 0 Å². The summed E-state index contributed by atoms with van der Waals surface area (Å²) in [6.45, 7) is 10.4. The monoisotopic (exact) mass is 404 g/mol. The molecule has 5 nitrogen and oxygen atoms in total. The van der Waals surface area contributed by atoms with E-state index in [-0.39, 0.29) is 11.9 Å². The number of anilines is 1. The van der Waals surface area contributed by atoms with Crippen LogP contribution in [-0.2, 0) is 6.42 Å². The van der Waals surface area contributed by atoms with Crippen molar-refractivity contribution in [2.75, 3.05) is 5.32 Å². The summed E-state index contributed by atoms with van der Waals surface area (Å²) in [5.74, 6) is 0.353. The molecule has 0 spiro atoms. The second-order valence-electron chi connectivity index (χ2n) is 7.59. The lowest BCUT2D eigenvalue weighted by Gasteiger charge is -2.14. The number of aliphatic imine (C=N–C) groups is 1. The lowest BCUT2D eigenvalue weighted by molar-refractivity contribution is 0.102. The van der Waals surface area contributed by atoms with Gasteiger partial charge in [-0.15, -0.1) is 0 Å². The molecule has 0 aliphatic carbocycles. The van der Waals surface area contributed by atoms with Crippen LogP contribution in [0.2, 0.25) is 0 Å². The number of carbonyl (C=O) groups is 1. The molecular formula is C25H32N4O. The molecule has 0 saturated carbocycles. The van der Waals surface area contributed by atoms with Gasteiger partial charge in [0.2, 0.25) is 0 Å². The molecule has 1 atom stereocenters. The smallest absolute Gasteiger partial charge is 0.257 e. The number of nitrogens with zero attached hydrogens (tertiary/aromatic N) is 2. The van der Waals surface area contributed by atoms with Crippen molar-refractivity contribution in [2.24, 2.45) is 10.9 Å². The molecule has 158 valence electrons. The minimum Gasteiger partial charge on any atom is -0.383 e. The zero-order valence-electron chi connectivity index (χ0n) is 18.5. The van der Waals surface area contributed by atoms with E-state index >= 15 is 0 Å². The van der Waals surface area contributed by atoms with Gasteiger partial charge in [0.25, 0.3) is 5.91 Å². The van der Waals surface area contributed by atoms with E-state index in [4.69, 9.17) is 0 Å². The second kappa shape index (κ2) is 11.7. The van der Waals surface area contributed by atoms with Crippen molar-refractivity contribution in [3.05, 3.63) is 84.0 Å². The van der Waals surface area contributed by atoms with E-state index in [1.165, 1.54) is 0 Å². The summed E-state index contributed by atoms with van der Waals surface area (Å²) < 4.78 is 0. The van der Waals surface area contributed by atoms with Crippen molar-refractivity contribution in [1.29, 1.82) is 0 Å². The lowest BCUT2D eigenvalue weighted by atomic mass is 10.1. The molecule has 1 amide bonds. The summed E-state index contributed by atoms with van der Waals surface area (Å²) in [6, 6.07) is 9.77. The van der Waals surface area contributed by atoms with Gasteiger partial charge in [0.05, 0.1) is 5.56 Å². The number of aromatic nitrogens is 1. The van der Waals surface area contributed by atoms with Gasteiger partial charge in [0.15, 0.2) is 0 Å². The molecule has 1 aromatic carbocycles. The Kier molecular flexibility index (Phi) is 9.01. The average molecular weight is 405 g/mol. The van der Waals surface area contributed by atoms with Crippen molar-refractivity contribution in [3.63, 3.8) is 0 Å². The number of aryl methyl sites for hydroxylation is 1. The van der Waals surface area contributed by atoms with Crippen molar-refractivity contribution in [1.82, 2.24) is 10.3 Å². The van der Waals surface area contributed by atoms with E-state index in [0.29, 0.717) is 11.5 Å². The van der Waals surface area contributed by atoms with Gasteiger partial charge in [-0.05, 0) is 61.6 Å². The Morgan fingerprint density at radius 1 is 1.20 bits per heavy atom. The normalized spacial score (nSPS) is 13.2. The first-order chi connectivity index (χ1) is 14.4. The van der Waals surface area contributed by atoms with Gasteiger partial charge < -0.3 is 10.6 Å². The molecule has 30 heavy (non-hydrogen) atoms. The van der Waals surface area contributed by atoms with E-state index in [2.05, 4.69) is 47.5 Å². The Labute approximate surface area is 180 Å². The van der Waals surface area contributed by atoms with Crippen LogP contribution in [0.15, 0.2) is 72.3 Å². The van der Waals surface area contributed by atoms with E-state index < -0.39 is 0 Å². The number of benzene rings is 1. The standard InChI is InChI=1S/C25H32N4O/c1-6-21-14-23(17-26-16-21)25(30)29-24-9-7-8-22(15-24)20(5)28-13-12-27-19(4)11-10-18(2)3/h7-18,20,28H,6H2,1-5H3,(H,29,30)/b11-10+,13-12?,27-19?. The van der Waals surface area contributed by atoms with Crippen molar-refractivity contribution >= 4 is 17.3 Å². The molecule has 0 radical (unpaired) electrons. The maximum absolute atomic E-state index is 12.5. The quantitative estimate of drug-likeness (QED) is 0.528. The summed E-state index contributed by atoms with van der Waals surface area (Å²) >= 11 is 0. The molecule has 1 aromatic heterocycles. The Morgan fingerprint density at radius 2 is 2.00 bits per heavy atom. The molecule has 0 bridgehead atoms. The van der Waals surface area contributed by atoms with Crippen LogP contribution >= 0.6 is 0 Å². The minimum absolute atomic E-state index is 0.0740. The molecule has 5 heteroatoms. The molecule has 1 unspecified atom stereocenters. The largest absolute Gasteiger partial charge is 0.383 e. The van der Waals surface area contributed by atoms with Gasteiger partial charge >= 0.3 is 0 Å². The zero-order chi connectivity index (χ0) is 21.9. The molecular weight excluding hydrogens is 372 g/mol. The summed E-state index contributed by atoms with van der Waals surface area (Å²) in [6.07, 6.45) is 12.0. The molecule has 0 aliphatic rings. The zero-order valence-corrected chi connectivity index (χ0v) is 18.5. The molecule has 0 saturated heterocycles. The molecule has 0 aliphatic heterocycles.